The zero-order chi connectivity index (χ0) is 13.0. The van der Waals surface area contributed by atoms with E-state index >= 15 is 0 Å². The predicted molar refractivity (Wildman–Crippen MR) is 80.3 cm³/mol. The number of hydrogen-bond acceptors (Lipinski definition) is 3. The molecule has 0 spiro atoms. The van der Waals surface area contributed by atoms with E-state index < -0.39 is 0 Å². The van der Waals surface area contributed by atoms with E-state index in [9.17, 15) is 0 Å². The molecular formula is C13H12BrClN2S. The Morgan fingerprint density at radius 1 is 1.33 bits per heavy atom. The minimum atomic E-state index is 0.658. The van der Waals surface area contributed by atoms with Crippen LogP contribution in [0, 0.1) is 0 Å². The highest BCUT2D eigenvalue weighted by molar-refractivity contribution is 9.10. The zero-order valence-electron chi connectivity index (χ0n) is 9.78. The van der Waals surface area contributed by atoms with E-state index in [1.807, 2.05) is 25.2 Å². The molecule has 2 rings (SSSR count). The number of benzene rings is 1. The predicted octanol–water partition coefficient (Wildman–Crippen LogP) is 4.37. The Morgan fingerprint density at radius 2 is 2.17 bits per heavy atom. The van der Waals surface area contributed by atoms with Crippen LogP contribution in [-0.2, 0) is 6.54 Å². The molecule has 0 unspecified atom stereocenters. The molecule has 5 heteroatoms. The number of nitrogens with one attached hydrogen (secondary N) is 1. The van der Waals surface area contributed by atoms with Crippen LogP contribution >= 0.6 is 39.3 Å². The molecule has 0 radical (unpaired) electrons. The Kier molecular flexibility index (Phi) is 5.06. The van der Waals surface area contributed by atoms with Gasteiger partial charge in [-0.1, -0.05) is 39.3 Å². The van der Waals surface area contributed by atoms with E-state index in [4.69, 9.17) is 11.6 Å². The van der Waals surface area contributed by atoms with E-state index in [2.05, 4.69) is 38.4 Å². The molecule has 0 bridgehead atoms. The van der Waals surface area contributed by atoms with Crippen molar-refractivity contribution in [2.75, 3.05) is 7.05 Å². The minimum Gasteiger partial charge on any atom is -0.316 e. The second kappa shape index (κ2) is 6.57. The number of pyridine rings is 1. The van der Waals surface area contributed by atoms with E-state index in [1.165, 1.54) is 10.5 Å². The largest absolute Gasteiger partial charge is 0.316 e. The van der Waals surface area contributed by atoms with Crippen LogP contribution in [0.4, 0.5) is 0 Å². The molecule has 0 saturated carbocycles. The van der Waals surface area contributed by atoms with Gasteiger partial charge in [-0.15, -0.1) is 0 Å². The Bertz CT molecular complexity index is 531. The van der Waals surface area contributed by atoms with Crippen molar-refractivity contribution in [3.05, 3.63) is 51.6 Å². The van der Waals surface area contributed by atoms with E-state index in [0.29, 0.717) is 5.02 Å². The molecule has 0 saturated heterocycles. The molecule has 1 aromatic heterocycles. The van der Waals surface area contributed by atoms with Crippen LogP contribution < -0.4 is 5.32 Å². The third kappa shape index (κ3) is 3.72. The maximum atomic E-state index is 5.83. The number of hydrogen-bond donors (Lipinski definition) is 1. The summed E-state index contributed by atoms with van der Waals surface area (Å²) in [6.45, 7) is 0.829. The standard InChI is InChI=1S/C13H12BrClN2S/c1-16-7-9-6-10(14)2-4-12(9)18-13-5-3-11(15)8-17-13/h2-6,8,16H,7H2,1H3. The molecular weight excluding hydrogens is 332 g/mol. The summed E-state index contributed by atoms with van der Waals surface area (Å²) in [7, 11) is 1.94. The van der Waals surface area contributed by atoms with E-state index in [0.717, 1.165) is 16.0 Å². The number of rotatable bonds is 4. The molecule has 0 amide bonds. The highest BCUT2D eigenvalue weighted by Gasteiger charge is 2.05. The Labute approximate surface area is 124 Å². The SMILES string of the molecule is CNCc1cc(Br)ccc1Sc1ccc(Cl)cn1. The summed E-state index contributed by atoms with van der Waals surface area (Å²) in [6, 6.07) is 10.0. The van der Waals surface area contributed by atoms with Crippen molar-refractivity contribution >= 4 is 39.3 Å². The first kappa shape index (κ1) is 13.9. The molecule has 0 fully saturated rings. The molecule has 1 N–H and O–H groups in total. The van der Waals surface area contributed by atoms with Crippen LogP contribution in [0.3, 0.4) is 0 Å². The first-order chi connectivity index (χ1) is 8.69. The average molecular weight is 344 g/mol. The lowest BCUT2D eigenvalue weighted by atomic mass is 10.2. The number of aromatic nitrogens is 1. The third-order valence-electron chi connectivity index (χ3n) is 2.30. The number of halogens is 2. The van der Waals surface area contributed by atoms with Gasteiger partial charge in [-0.2, -0.15) is 0 Å². The van der Waals surface area contributed by atoms with Crippen molar-refractivity contribution in [3.8, 4) is 0 Å². The van der Waals surface area contributed by atoms with Gasteiger partial charge >= 0.3 is 0 Å². The molecule has 0 aliphatic heterocycles. The van der Waals surface area contributed by atoms with E-state index in [-0.39, 0.29) is 0 Å². The highest BCUT2D eigenvalue weighted by atomic mass is 79.9. The molecule has 1 heterocycles. The first-order valence-corrected chi connectivity index (χ1v) is 7.40. The van der Waals surface area contributed by atoms with Gasteiger partial charge in [0.1, 0.15) is 5.03 Å². The Balaban J connectivity index is 2.25. The van der Waals surface area contributed by atoms with Gasteiger partial charge in [0.25, 0.3) is 0 Å². The Morgan fingerprint density at radius 3 is 2.83 bits per heavy atom. The second-order valence-corrected chi connectivity index (χ2v) is 6.11. The minimum absolute atomic E-state index is 0.658. The van der Waals surface area contributed by atoms with Gasteiger partial charge in [-0.3, -0.25) is 0 Å². The van der Waals surface area contributed by atoms with Gasteiger partial charge in [0.15, 0.2) is 0 Å². The third-order valence-corrected chi connectivity index (χ3v) is 4.09. The summed E-state index contributed by atoms with van der Waals surface area (Å²) in [4.78, 5) is 5.49. The molecule has 94 valence electrons. The van der Waals surface area contributed by atoms with Crippen LogP contribution in [-0.4, -0.2) is 12.0 Å². The summed E-state index contributed by atoms with van der Waals surface area (Å²) in [6.07, 6.45) is 1.67. The van der Waals surface area contributed by atoms with Crippen molar-refractivity contribution in [2.24, 2.45) is 0 Å². The smallest absolute Gasteiger partial charge is 0.101 e. The molecule has 0 aliphatic rings. The van der Waals surface area contributed by atoms with Gasteiger partial charge in [0.05, 0.1) is 5.02 Å². The summed E-state index contributed by atoms with van der Waals surface area (Å²) in [5.41, 5.74) is 1.24. The lowest BCUT2D eigenvalue weighted by molar-refractivity contribution is 0.802. The summed E-state index contributed by atoms with van der Waals surface area (Å²) in [5, 5.41) is 4.77. The molecule has 2 nitrogen and oxygen atoms in total. The van der Waals surface area contributed by atoms with Crippen molar-refractivity contribution in [3.63, 3.8) is 0 Å². The molecule has 18 heavy (non-hydrogen) atoms. The molecule has 2 aromatic rings. The van der Waals surface area contributed by atoms with Crippen LogP contribution in [0.2, 0.25) is 5.02 Å². The summed E-state index contributed by atoms with van der Waals surface area (Å²) < 4.78 is 1.08. The normalized spacial score (nSPS) is 10.6. The van der Waals surface area contributed by atoms with Crippen molar-refractivity contribution in [1.29, 1.82) is 0 Å². The average Bonchev–Trinajstić information content (AvgIpc) is 2.36. The summed E-state index contributed by atoms with van der Waals surface area (Å²) >= 11 is 11.0. The fourth-order valence-corrected chi connectivity index (χ4v) is 2.90. The molecule has 0 aliphatic carbocycles. The van der Waals surface area contributed by atoms with Gasteiger partial charge < -0.3 is 5.32 Å². The van der Waals surface area contributed by atoms with Crippen LogP contribution in [0.5, 0.6) is 0 Å². The van der Waals surface area contributed by atoms with Crippen LogP contribution in [0.1, 0.15) is 5.56 Å². The quantitative estimate of drug-likeness (QED) is 0.892. The van der Waals surface area contributed by atoms with E-state index in [1.54, 1.807) is 18.0 Å². The van der Waals surface area contributed by atoms with Gasteiger partial charge in [0.2, 0.25) is 0 Å². The van der Waals surface area contributed by atoms with Crippen molar-refractivity contribution in [2.45, 2.75) is 16.5 Å². The topological polar surface area (TPSA) is 24.9 Å². The fourth-order valence-electron chi connectivity index (χ4n) is 1.51. The molecule has 0 atom stereocenters. The second-order valence-electron chi connectivity index (χ2n) is 3.70. The van der Waals surface area contributed by atoms with Gasteiger partial charge in [-0.25, -0.2) is 4.98 Å². The summed E-state index contributed by atoms with van der Waals surface area (Å²) in [5.74, 6) is 0. The maximum absolute atomic E-state index is 5.83. The van der Waals surface area contributed by atoms with Crippen LogP contribution in [0.25, 0.3) is 0 Å². The van der Waals surface area contributed by atoms with Crippen molar-refractivity contribution in [1.82, 2.24) is 10.3 Å². The maximum Gasteiger partial charge on any atom is 0.101 e. The number of nitrogens with zero attached hydrogens (tertiary/aromatic N) is 1. The van der Waals surface area contributed by atoms with Crippen LogP contribution in [0.15, 0.2) is 50.9 Å². The fraction of sp³-hybridized carbons (Fsp3) is 0.154. The monoisotopic (exact) mass is 342 g/mol. The van der Waals surface area contributed by atoms with Gasteiger partial charge in [0, 0.05) is 22.1 Å². The first-order valence-electron chi connectivity index (χ1n) is 5.41. The van der Waals surface area contributed by atoms with Gasteiger partial charge in [-0.05, 0) is 42.9 Å². The van der Waals surface area contributed by atoms with Crippen molar-refractivity contribution < 1.29 is 0 Å². The highest BCUT2D eigenvalue weighted by Crippen LogP contribution is 2.31. The molecule has 1 aromatic carbocycles. The lowest BCUT2D eigenvalue weighted by Crippen LogP contribution is -2.06. The zero-order valence-corrected chi connectivity index (χ0v) is 12.9. The Hall–Kier alpha value is -0.550. The lowest BCUT2D eigenvalue weighted by Gasteiger charge is -2.09.